The van der Waals surface area contributed by atoms with Crippen molar-refractivity contribution in [2.45, 2.75) is 12.7 Å². The molecule has 2 rings (SSSR count). The monoisotopic (exact) mass is 366 g/mol. The fourth-order valence-corrected chi connectivity index (χ4v) is 3.10. The first-order chi connectivity index (χ1) is 11.6. The molecule has 0 spiro atoms. The number of thiocarbonyl (C=S) groups is 1. The highest BCUT2D eigenvalue weighted by atomic mass is 32.2. The van der Waals surface area contributed by atoms with Crippen molar-refractivity contribution in [2.75, 3.05) is 31.8 Å². The second-order valence-electron chi connectivity index (χ2n) is 4.97. The fraction of sp³-hybridized carbons (Fsp3) is 0.375. The summed E-state index contributed by atoms with van der Waals surface area (Å²) in [6, 6.07) is 5.53. The maximum Gasteiger partial charge on any atom is 0.170 e. The minimum atomic E-state index is 0.554. The lowest BCUT2D eigenvalue weighted by atomic mass is 10.2. The van der Waals surface area contributed by atoms with Crippen LogP contribution in [-0.2, 0) is 5.75 Å². The Kier molecular flexibility index (Phi) is 7.20. The Labute approximate surface area is 151 Å². The number of H-pyrrole nitrogens is 1. The van der Waals surface area contributed by atoms with Gasteiger partial charge in [-0.1, -0.05) is 0 Å². The van der Waals surface area contributed by atoms with E-state index in [2.05, 4.69) is 20.6 Å². The summed E-state index contributed by atoms with van der Waals surface area (Å²) in [5.74, 6) is 3.28. The van der Waals surface area contributed by atoms with Crippen molar-refractivity contribution in [3.63, 3.8) is 0 Å². The maximum absolute atomic E-state index is 5.33. The van der Waals surface area contributed by atoms with Gasteiger partial charge in [-0.25, -0.2) is 4.98 Å². The van der Waals surface area contributed by atoms with Crippen molar-refractivity contribution in [3.8, 4) is 11.5 Å². The zero-order valence-electron chi connectivity index (χ0n) is 14.0. The number of ether oxygens (including phenoxy) is 2. The van der Waals surface area contributed by atoms with Crippen molar-refractivity contribution < 1.29 is 9.47 Å². The van der Waals surface area contributed by atoms with Crippen molar-refractivity contribution >= 4 is 34.8 Å². The van der Waals surface area contributed by atoms with Crippen LogP contribution in [0.25, 0.3) is 0 Å². The third kappa shape index (κ3) is 5.31. The average molecular weight is 367 g/mol. The van der Waals surface area contributed by atoms with E-state index in [4.69, 9.17) is 21.7 Å². The third-order valence-corrected chi connectivity index (χ3v) is 4.58. The Balaban J connectivity index is 1.74. The molecule has 1 heterocycles. The molecule has 0 aliphatic carbocycles. The molecular formula is C16H22N4O2S2. The number of imidazole rings is 1. The van der Waals surface area contributed by atoms with E-state index < -0.39 is 0 Å². The molecule has 1 aromatic heterocycles. The number of rotatable bonds is 8. The normalized spacial score (nSPS) is 10.3. The van der Waals surface area contributed by atoms with E-state index in [1.165, 1.54) is 0 Å². The van der Waals surface area contributed by atoms with E-state index in [0.29, 0.717) is 10.9 Å². The van der Waals surface area contributed by atoms with Gasteiger partial charge in [-0.2, -0.15) is 11.8 Å². The maximum atomic E-state index is 5.33. The molecule has 130 valence electrons. The van der Waals surface area contributed by atoms with Crippen molar-refractivity contribution in [3.05, 3.63) is 35.9 Å². The molecule has 8 heteroatoms. The number of nitrogens with one attached hydrogen (secondary N) is 3. The highest BCUT2D eigenvalue weighted by Gasteiger charge is 2.07. The van der Waals surface area contributed by atoms with E-state index in [-0.39, 0.29) is 0 Å². The van der Waals surface area contributed by atoms with Crippen LogP contribution >= 0.6 is 24.0 Å². The summed E-state index contributed by atoms with van der Waals surface area (Å²) in [5.41, 5.74) is 2.99. The van der Waals surface area contributed by atoms with Gasteiger partial charge < -0.3 is 25.1 Å². The van der Waals surface area contributed by atoms with Gasteiger partial charge in [0.1, 0.15) is 11.5 Å². The molecule has 0 aliphatic rings. The highest BCUT2D eigenvalue weighted by molar-refractivity contribution is 7.98. The second-order valence-corrected chi connectivity index (χ2v) is 6.49. The van der Waals surface area contributed by atoms with Crippen molar-refractivity contribution in [2.24, 2.45) is 0 Å². The molecule has 0 saturated heterocycles. The van der Waals surface area contributed by atoms with Gasteiger partial charge >= 0.3 is 0 Å². The first-order valence-electron chi connectivity index (χ1n) is 7.47. The van der Waals surface area contributed by atoms with Gasteiger partial charge in [0, 0.05) is 29.8 Å². The number of benzene rings is 1. The minimum absolute atomic E-state index is 0.554. The molecular weight excluding hydrogens is 344 g/mol. The summed E-state index contributed by atoms with van der Waals surface area (Å²) in [6.07, 6.45) is 1.73. The lowest BCUT2D eigenvalue weighted by Gasteiger charge is -2.14. The predicted octanol–water partition coefficient (Wildman–Crippen LogP) is 2.96. The first-order valence-corrected chi connectivity index (χ1v) is 9.03. The number of thioether (sulfide) groups is 1. The SMILES string of the molecule is COc1ccc(OC)c(NC(=S)NCCSCc2nc[nH]c2C)c1. The van der Waals surface area contributed by atoms with Crippen LogP contribution in [0.15, 0.2) is 24.5 Å². The molecule has 0 aliphatic heterocycles. The first kappa shape index (κ1) is 18.4. The van der Waals surface area contributed by atoms with Gasteiger partial charge in [-0.05, 0) is 31.3 Å². The molecule has 0 saturated carbocycles. The van der Waals surface area contributed by atoms with Crippen LogP contribution in [0.1, 0.15) is 11.4 Å². The number of aromatic amines is 1. The summed E-state index contributed by atoms with van der Waals surface area (Å²) < 4.78 is 10.5. The molecule has 0 bridgehead atoms. The third-order valence-electron chi connectivity index (χ3n) is 3.36. The summed E-state index contributed by atoms with van der Waals surface area (Å²) in [7, 11) is 3.25. The molecule has 0 unspecified atom stereocenters. The number of methoxy groups -OCH3 is 2. The van der Waals surface area contributed by atoms with E-state index in [1.54, 1.807) is 20.5 Å². The number of anilines is 1. The van der Waals surface area contributed by atoms with Crippen molar-refractivity contribution in [1.82, 2.24) is 15.3 Å². The predicted molar refractivity (Wildman–Crippen MR) is 103 cm³/mol. The lowest BCUT2D eigenvalue weighted by Crippen LogP contribution is -2.30. The molecule has 0 fully saturated rings. The largest absolute Gasteiger partial charge is 0.497 e. The molecule has 0 radical (unpaired) electrons. The van der Waals surface area contributed by atoms with Crippen LogP contribution in [0.5, 0.6) is 11.5 Å². The smallest absolute Gasteiger partial charge is 0.170 e. The Morgan fingerprint density at radius 2 is 2.17 bits per heavy atom. The van der Waals surface area contributed by atoms with Gasteiger partial charge in [0.2, 0.25) is 0 Å². The number of hydrogen-bond donors (Lipinski definition) is 3. The average Bonchev–Trinajstić information content (AvgIpc) is 2.99. The molecule has 1 aromatic carbocycles. The Hall–Kier alpha value is -1.93. The van der Waals surface area contributed by atoms with Crippen LogP contribution in [0.3, 0.4) is 0 Å². The van der Waals surface area contributed by atoms with Gasteiger partial charge in [0.15, 0.2) is 5.11 Å². The second kappa shape index (κ2) is 9.39. The summed E-state index contributed by atoms with van der Waals surface area (Å²) >= 11 is 7.14. The van der Waals surface area contributed by atoms with Crippen LogP contribution in [0, 0.1) is 6.92 Å². The number of aromatic nitrogens is 2. The van der Waals surface area contributed by atoms with Gasteiger partial charge in [0.05, 0.1) is 31.9 Å². The van der Waals surface area contributed by atoms with Gasteiger partial charge in [0.25, 0.3) is 0 Å². The van der Waals surface area contributed by atoms with Crippen molar-refractivity contribution in [1.29, 1.82) is 0 Å². The van der Waals surface area contributed by atoms with E-state index >= 15 is 0 Å². The zero-order valence-corrected chi connectivity index (χ0v) is 15.6. The highest BCUT2D eigenvalue weighted by Crippen LogP contribution is 2.28. The van der Waals surface area contributed by atoms with E-state index in [9.17, 15) is 0 Å². The summed E-state index contributed by atoms with van der Waals surface area (Å²) in [6.45, 7) is 2.80. The number of hydrogen-bond acceptors (Lipinski definition) is 5. The molecule has 0 amide bonds. The number of aryl methyl sites for hydroxylation is 1. The zero-order chi connectivity index (χ0) is 17.4. The molecule has 3 N–H and O–H groups in total. The fourth-order valence-electron chi connectivity index (χ4n) is 2.02. The molecule has 6 nitrogen and oxygen atoms in total. The van der Waals surface area contributed by atoms with Gasteiger partial charge in [-0.15, -0.1) is 0 Å². The van der Waals surface area contributed by atoms with Crippen LogP contribution in [0.2, 0.25) is 0 Å². The van der Waals surface area contributed by atoms with Crippen LogP contribution in [0.4, 0.5) is 5.69 Å². The van der Waals surface area contributed by atoms with Crippen LogP contribution in [-0.4, -0.2) is 41.6 Å². The van der Waals surface area contributed by atoms with Crippen LogP contribution < -0.4 is 20.1 Å². The molecule has 24 heavy (non-hydrogen) atoms. The Bertz CT molecular complexity index is 676. The number of nitrogens with zero attached hydrogens (tertiary/aromatic N) is 1. The quantitative estimate of drug-likeness (QED) is 0.490. The molecule has 0 atom stereocenters. The standard InChI is InChI=1S/C16H22N4O2S2/c1-11-14(19-10-18-11)9-24-7-6-17-16(23)20-13-8-12(21-2)4-5-15(13)22-3/h4-5,8,10H,6-7,9H2,1-3H3,(H,18,19)(H2,17,20,23). The Morgan fingerprint density at radius 1 is 1.33 bits per heavy atom. The van der Waals surface area contributed by atoms with E-state index in [0.717, 1.165) is 40.9 Å². The minimum Gasteiger partial charge on any atom is -0.497 e. The summed E-state index contributed by atoms with van der Waals surface area (Å²) in [5, 5.41) is 6.88. The summed E-state index contributed by atoms with van der Waals surface area (Å²) in [4.78, 5) is 7.36. The lowest BCUT2D eigenvalue weighted by molar-refractivity contribution is 0.405. The topological polar surface area (TPSA) is 71.2 Å². The van der Waals surface area contributed by atoms with E-state index in [1.807, 2.05) is 36.9 Å². The Morgan fingerprint density at radius 3 is 2.83 bits per heavy atom. The van der Waals surface area contributed by atoms with Gasteiger partial charge in [-0.3, -0.25) is 0 Å². The molecule has 2 aromatic rings.